The van der Waals surface area contributed by atoms with Crippen LogP contribution in [-0.4, -0.2) is 18.0 Å². The van der Waals surface area contributed by atoms with Crippen LogP contribution in [-0.2, 0) is 22.6 Å². The minimum absolute atomic E-state index is 0.0648. The second-order valence-electron chi connectivity index (χ2n) is 5.26. The lowest BCUT2D eigenvalue weighted by atomic mass is 10.0. The predicted octanol–water partition coefficient (Wildman–Crippen LogP) is 2.40. The van der Waals surface area contributed by atoms with Crippen LogP contribution < -0.4 is 11.1 Å². The Hall–Kier alpha value is -2.82. The van der Waals surface area contributed by atoms with E-state index in [2.05, 4.69) is 5.32 Å². The Labute approximate surface area is 135 Å². The summed E-state index contributed by atoms with van der Waals surface area (Å²) in [5.74, 6) is -0.464. The van der Waals surface area contributed by atoms with Crippen LogP contribution in [0.4, 0.5) is 4.79 Å². The minimum atomic E-state index is -0.559. The van der Waals surface area contributed by atoms with Gasteiger partial charge in [0, 0.05) is 12.5 Å². The largest absolute Gasteiger partial charge is 0.445 e. The molecule has 5 heteroatoms. The van der Waals surface area contributed by atoms with Crippen LogP contribution in [0.1, 0.15) is 17.5 Å². The lowest BCUT2D eigenvalue weighted by Gasteiger charge is -2.17. The predicted molar refractivity (Wildman–Crippen MR) is 87.5 cm³/mol. The van der Waals surface area contributed by atoms with E-state index in [0.29, 0.717) is 6.42 Å². The summed E-state index contributed by atoms with van der Waals surface area (Å²) in [5, 5.41) is 2.71. The number of carbonyl (C=O) groups excluding carboxylic acids is 2. The standard InChI is InChI=1S/C18H20N2O3/c19-17(21)12-16(11-14-7-3-1-4-8-14)20-18(22)23-13-15-9-5-2-6-10-15/h1-10,16H,11-13H2,(H2,19,21)(H,20,22)/t16-/m1/s1. The highest BCUT2D eigenvalue weighted by Crippen LogP contribution is 2.07. The summed E-state index contributed by atoms with van der Waals surface area (Å²) in [6.07, 6.45) is 0.0237. The smallest absolute Gasteiger partial charge is 0.407 e. The second-order valence-corrected chi connectivity index (χ2v) is 5.26. The Balaban J connectivity index is 1.88. The fourth-order valence-corrected chi connectivity index (χ4v) is 2.25. The third kappa shape index (κ3) is 6.22. The molecule has 0 saturated carbocycles. The number of hydrogen-bond acceptors (Lipinski definition) is 3. The summed E-state index contributed by atoms with van der Waals surface area (Å²) < 4.78 is 5.18. The van der Waals surface area contributed by atoms with E-state index in [9.17, 15) is 9.59 Å². The van der Waals surface area contributed by atoms with Crippen molar-refractivity contribution < 1.29 is 14.3 Å². The summed E-state index contributed by atoms with van der Waals surface area (Å²) >= 11 is 0. The SMILES string of the molecule is NC(=O)C[C@@H](Cc1ccccc1)NC(=O)OCc1ccccc1. The molecule has 120 valence electrons. The Morgan fingerprint density at radius 1 is 0.957 bits per heavy atom. The van der Waals surface area contributed by atoms with E-state index in [1.54, 1.807) is 0 Å². The second kappa shape index (κ2) is 8.58. The van der Waals surface area contributed by atoms with Crippen molar-refractivity contribution >= 4 is 12.0 Å². The molecule has 2 amide bonds. The third-order valence-electron chi connectivity index (χ3n) is 3.31. The van der Waals surface area contributed by atoms with E-state index in [1.807, 2.05) is 60.7 Å². The molecule has 0 radical (unpaired) electrons. The Morgan fingerprint density at radius 2 is 1.52 bits per heavy atom. The van der Waals surface area contributed by atoms with Crippen molar-refractivity contribution in [3.8, 4) is 0 Å². The maximum Gasteiger partial charge on any atom is 0.407 e. The molecule has 0 unspecified atom stereocenters. The molecule has 3 N–H and O–H groups in total. The lowest BCUT2D eigenvalue weighted by molar-refractivity contribution is -0.118. The molecule has 5 nitrogen and oxygen atoms in total. The summed E-state index contributed by atoms with van der Waals surface area (Å²) in [7, 11) is 0. The van der Waals surface area contributed by atoms with Crippen LogP contribution in [0, 0.1) is 0 Å². The number of ether oxygens (including phenoxy) is 1. The molecule has 0 heterocycles. The molecule has 2 aromatic rings. The van der Waals surface area contributed by atoms with Gasteiger partial charge in [-0.2, -0.15) is 0 Å². The molecule has 2 rings (SSSR count). The normalized spacial score (nSPS) is 11.5. The maximum absolute atomic E-state index is 11.9. The van der Waals surface area contributed by atoms with Crippen molar-refractivity contribution in [2.45, 2.75) is 25.5 Å². The Kier molecular flexibility index (Phi) is 6.17. The number of rotatable bonds is 7. The van der Waals surface area contributed by atoms with Crippen LogP contribution in [0.3, 0.4) is 0 Å². The molecule has 2 aromatic carbocycles. The zero-order chi connectivity index (χ0) is 16.5. The van der Waals surface area contributed by atoms with Gasteiger partial charge in [0.1, 0.15) is 6.61 Å². The highest BCUT2D eigenvalue weighted by Gasteiger charge is 2.16. The highest BCUT2D eigenvalue weighted by atomic mass is 16.5. The molecule has 23 heavy (non-hydrogen) atoms. The Bertz CT molecular complexity index is 629. The van der Waals surface area contributed by atoms with Crippen molar-refractivity contribution in [3.63, 3.8) is 0 Å². The van der Waals surface area contributed by atoms with Crippen molar-refractivity contribution in [1.82, 2.24) is 5.32 Å². The van der Waals surface area contributed by atoms with Gasteiger partial charge in [0.05, 0.1) is 0 Å². The van der Waals surface area contributed by atoms with Crippen molar-refractivity contribution in [2.75, 3.05) is 0 Å². The molecule has 0 saturated heterocycles. The summed E-state index contributed by atoms with van der Waals surface area (Å²) in [4.78, 5) is 23.1. The molecule has 0 aromatic heterocycles. The van der Waals surface area contributed by atoms with Crippen molar-refractivity contribution in [2.24, 2.45) is 5.73 Å². The number of carbonyl (C=O) groups is 2. The lowest BCUT2D eigenvalue weighted by Crippen LogP contribution is -2.39. The van der Waals surface area contributed by atoms with Gasteiger partial charge in [-0.15, -0.1) is 0 Å². The van der Waals surface area contributed by atoms with Gasteiger partial charge in [-0.25, -0.2) is 4.79 Å². The van der Waals surface area contributed by atoms with Gasteiger partial charge >= 0.3 is 6.09 Å². The fraction of sp³-hybridized carbons (Fsp3) is 0.222. The Morgan fingerprint density at radius 3 is 2.09 bits per heavy atom. The molecular formula is C18H20N2O3. The maximum atomic E-state index is 11.9. The van der Waals surface area contributed by atoms with Gasteiger partial charge in [0.2, 0.25) is 5.91 Å². The average molecular weight is 312 g/mol. The van der Waals surface area contributed by atoms with Gasteiger partial charge in [0.15, 0.2) is 0 Å². The number of nitrogens with one attached hydrogen (secondary N) is 1. The molecule has 0 bridgehead atoms. The summed E-state index contributed by atoms with van der Waals surface area (Å²) in [5.41, 5.74) is 7.17. The van der Waals surface area contributed by atoms with Crippen LogP contribution in [0.25, 0.3) is 0 Å². The molecular weight excluding hydrogens is 292 g/mol. The zero-order valence-electron chi connectivity index (χ0n) is 12.8. The molecule has 0 fully saturated rings. The van der Waals surface area contributed by atoms with E-state index in [4.69, 9.17) is 10.5 Å². The minimum Gasteiger partial charge on any atom is -0.445 e. The number of hydrogen-bond donors (Lipinski definition) is 2. The fourth-order valence-electron chi connectivity index (χ4n) is 2.25. The van der Waals surface area contributed by atoms with E-state index >= 15 is 0 Å². The van der Waals surface area contributed by atoms with Crippen LogP contribution in [0.15, 0.2) is 60.7 Å². The first-order chi connectivity index (χ1) is 11.1. The first kappa shape index (κ1) is 16.5. The van der Waals surface area contributed by atoms with Gasteiger partial charge < -0.3 is 15.8 Å². The zero-order valence-corrected chi connectivity index (χ0v) is 12.8. The van der Waals surface area contributed by atoms with Crippen molar-refractivity contribution in [3.05, 3.63) is 71.8 Å². The van der Waals surface area contributed by atoms with Gasteiger partial charge in [-0.1, -0.05) is 60.7 Å². The molecule has 0 aliphatic heterocycles. The van der Waals surface area contributed by atoms with Crippen LogP contribution >= 0.6 is 0 Å². The van der Waals surface area contributed by atoms with E-state index in [0.717, 1.165) is 11.1 Å². The van der Waals surface area contributed by atoms with E-state index in [1.165, 1.54) is 0 Å². The number of amides is 2. The van der Waals surface area contributed by atoms with E-state index in [-0.39, 0.29) is 13.0 Å². The molecule has 0 aliphatic rings. The van der Waals surface area contributed by atoms with Gasteiger partial charge in [-0.3, -0.25) is 4.79 Å². The first-order valence-electron chi connectivity index (χ1n) is 7.43. The third-order valence-corrected chi connectivity index (χ3v) is 3.31. The number of alkyl carbamates (subject to hydrolysis) is 1. The average Bonchev–Trinajstić information content (AvgIpc) is 2.54. The van der Waals surface area contributed by atoms with Gasteiger partial charge in [-0.05, 0) is 17.5 Å². The first-order valence-corrected chi connectivity index (χ1v) is 7.43. The topological polar surface area (TPSA) is 81.4 Å². The number of primary amides is 1. The summed E-state index contributed by atoms with van der Waals surface area (Å²) in [6.45, 7) is 0.182. The van der Waals surface area contributed by atoms with Gasteiger partial charge in [0.25, 0.3) is 0 Å². The van der Waals surface area contributed by atoms with Crippen LogP contribution in [0.5, 0.6) is 0 Å². The summed E-state index contributed by atoms with van der Waals surface area (Å²) in [6, 6.07) is 18.6. The number of nitrogens with two attached hydrogens (primary N) is 1. The molecule has 0 spiro atoms. The molecule has 1 atom stereocenters. The van der Waals surface area contributed by atoms with Crippen LogP contribution in [0.2, 0.25) is 0 Å². The highest BCUT2D eigenvalue weighted by molar-refractivity contribution is 5.76. The van der Waals surface area contributed by atoms with E-state index < -0.39 is 18.0 Å². The van der Waals surface area contributed by atoms with Crippen molar-refractivity contribution in [1.29, 1.82) is 0 Å². The monoisotopic (exact) mass is 312 g/mol. The quantitative estimate of drug-likeness (QED) is 0.823. The molecule has 0 aliphatic carbocycles. The number of benzene rings is 2.